The van der Waals surface area contributed by atoms with Crippen LogP contribution in [0.2, 0.25) is 0 Å². The molecule has 0 radical (unpaired) electrons. The summed E-state index contributed by atoms with van der Waals surface area (Å²) in [4.78, 5) is 40.8. The van der Waals surface area contributed by atoms with Crippen LogP contribution in [0.1, 0.15) is 54.2 Å². The van der Waals surface area contributed by atoms with Crippen LogP contribution in [-0.2, 0) is 16.0 Å². The lowest BCUT2D eigenvalue weighted by Gasteiger charge is -2.43. The number of ether oxygens (including phenoxy) is 1. The zero-order chi connectivity index (χ0) is 24.9. The fourth-order valence-electron chi connectivity index (χ4n) is 4.84. The molecule has 0 saturated carbocycles. The van der Waals surface area contributed by atoms with Crippen molar-refractivity contribution in [2.24, 2.45) is 0 Å². The second-order valence-corrected chi connectivity index (χ2v) is 8.82. The molecule has 2 amide bonds. The van der Waals surface area contributed by atoms with Gasteiger partial charge in [0.2, 0.25) is 5.91 Å². The van der Waals surface area contributed by atoms with Gasteiger partial charge in [0.15, 0.2) is 0 Å². The molecule has 2 atom stereocenters. The molecule has 1 aliphatic rings. The monoisotopic (exact) mass is 470 g/mol. The number of methoxy groups -OCH3 is 1. The van der Waals surface area contributed by atoms with Crippen molar-refractivity contribution in [1.82, 2.24) is 0 Å². The number of benzene rings is 3. The number of anilines is 2. The third-order valence-corrected chi connectivity index (χ3v) is 6.53. The number of hydrogen-bond donors (Lipinski definition) is 0. The lowest BCUT2D eigenvalue weighted by molar-refractivity contribution is -0.117. The SMILES string of the molecule is COc1ccc(C(=O)N2c3ccccc3[C@@H](N(C(C)=O)c3ccc(CCC=O)cc3)C[C@H]2C)cc1. The van der Waals surface area contributed by atoms with Crippen molar-refractivity contribution in [2.45, 2.75) is 45.2 Å². The van der Waals surface area contributed by atoms with Gasteiger partial charge >= 0.3 is 0 Å². The van der Waals surface area contributed by atoms with Crippen LogP contribution >= 0.6 is 0 Å². The molecule has 180 valence electrons. The van der Waals surface area contributed by atoms with Gasteiger partial charge < -0.3 is 19.3 Å². The summed E-state index contributed by atoms with van der Waals surface area (Å²) in [5.74, 6) is 0.551. The first-order valence-corrected chi connectivity index (χ1v) is 11.8. The van der Waals surface area contributed by atoms with E-state index in [1.807, 2.05) is 65.3 Å². The fraction of sp³-hybridized carbons (Fsp3) is 0.276. The largest absolute Gasteiger partial charge is 0.497 e. The third-order valence-electron chi connectivity index (χ3n) is 6.53. The van der Waals surface area contributed by atoms with Gasteiger partial charge in [0.05, 0.1) is 13.2 Å². The Bertz CT molecular complexity index is 1200. The molecule has 0 unspecified atom stereocenters. The predicted octanol–water partition coefficient (Wildman–Crippen LogP) is 5.36. The molecule has 0 bridgehead atoms. The Morgan fingerprint density at radius 1 is 1.03 bits per heavy atom. The van der Waals surface area contributed by atoms with Gasteiger partial charge in [-0.25, -0.2) is 0 Å². The minimum Gasteiger partial charge on any atom is -0.497 e. The molecule has 0 spiro atoms. The van der Waals surface area contributed by atoms with E-state index in [-0.39, 0.29) is 23.9 Å². The van der Waals surface area contributed by atoms with Crippen molar-refractivity contribution in [3.63, 3.8) is 0 Å². The molecule has 6 heteroatoms. The highest BCUT2D eigenvalue weighted by atomic mass is 16.5. The van der Waals surface area contributed by atoms with E-state index in [1.165, 1.54) is 0 Å². The highest BCUT2D eigenvalue weighted by Crippen LogP contribution is 2.42. The number of aryl methyl sites for hydroxylation is 1. The van der Waals surface area contributed by atoms with Crippen LogP contribution in [0.3, 0.4) is 0 Å². The van der Waals surface area contributed by atoms with Gasteiger partial charge in [-0.2, -0.15) is 0 Å². The highest BCUT2D eigenvalue weighted by molar-refractivity contribution is 6.07. The minimum absolute atomic E-state index is 0.0624. The number of amides is 2. The van der Waals surface area contributed by atoms with Gasteiger partial charge in [-0.15, -0.1) is 0 Å². The molecular weight excluding hydrogens is 440 g/mol. The molecular formula is C29H30N2O4. The number of para-hydroxylation sites is 1. The van der Waals surface area contributed by atoms with Gasteiger partial charge in [-0.05, 0) is 73.4 Å². The Labute approximate surface area is 206 Å². The molecule has 35 heavy (non-hydrogen) atoms. The molecule has 0 aromatic heterocycles. The number of fused-ring (bicyclic) bond motifs is 1. The lowest BCUT2D eigenvalue weighted by Crippen LogP contribution is -2.47. The average molecular weight is 471 g/mol. The Kier molecular flexibility index (Phi) is 7.30. The summed E-state index contributed by atoms with van der Waals surface area (Å²) in [7, 11) is 1.60. The number of carbonyl (C=O) groups is 3. The van der Waals surface area contributed by atoms with E-state index in [0.717, 1.165) is 28.8 Å². The number of rotatable bonds is 7. The Morgan fingerprint density at radius 3 is 2.34 bits per heavy atom. The van der Waals surface area contributed by atoms with Crippen LogP contribution in [0.15, 0.2) is 72.8 Å². The highest BCUT2D eigenvalue weighted by Gasteiger charge is 2.38. The standard InChI is InChI=1S/C29H30N2O4/c1-20-19-28(31(21(2)33)24-14-10-22(11-15-24)7-6-18-32)26-8-4-5-9-27(26)30(20)29(34)23-12-16-25(35-3)17-13-23/h4-5,8-18,20,28H,6-7,19H2,1-3H3/t20-,28+/m1/s1. The topological polar surface area (TPSA) is 66.9 Å². The van der Waals surface area contributed by atoms with Crippen LogP contribution in [0.25, 0.3) is 0 Å². The van der Waals surface area contributed by atoms with E-state index in [0.29, 0.717) is 30.6 Å². The van der Waals surface area contributed by atoms with Gasteiger partial charge in [0.1, 0.15) is 12.0 Å². The second kappa shape index (κ2) is 10.6. The number of hydrogen-bond acceptors (Lipinski definition) is 4. The molecule has 1 heterocycles. The van der Waals surface area contributed by atoms with Crippen molar-refractivity contribution in [2.75, 3.05) is 16.9 Å². The van der Waals surface area contributed by atoms with E-state index >= 15 is 0 Å². The second-order valence-electron chi connectivity index (χ2n) is 8.82. The lowest BCUT2D eigenvalue weighted by atomic mass is 9.89. The zero-order valence-electron chi connectivity index (χ0n) is 20.3. The van der Waals surface area contributed by atoms with Crippen LogP contribution in [0, 0.1) is 0 Å². The molecule has 4 rings (SSSR count). The molecule has 0 saturated heterocycles. The van der Waals surface area contributed by atoms with Gasteiger partial charge in [-0.3, -0.25) is 9.59 Å². The van der Waals surface area contributed by atoms with Crippen molar-refractivity contribution < 1.29 is 19.1 Å². The summed E-state index contributed by atoms with van der Waals surface area (Å²) >= 11 is 0. The average Bonchev–Trinajstić information content (AvgIpc) is 2.88. The molecule has 6 nitrogen and oxygen atoms in total. The summed E-state index contributed by atoms with van der Waals surface area (Å²) in [5.41, 5.74) is 4.19. The first kappa shape index (κ1) is 24.2. The smallest absolute Gasteiger partial charge is 0.258 e. The Balaban J connectivity index is 1.69. The summed E-state index contributed by atoms with van der Waals surface area (Å²) in [5, 5.41) is 0. The minimum atomic E-state index is -0.209. The van der Waals surface area contributed by atoms with Crippen LogP contribution in [0.5, 0.6) is 5.75 Å². The van der Waals surface area contributed by atoms with Crippen molar-refractivity contribution >= 4 is 29.5 Å². The molecule has 0 N–H and O–H groups in total. The third kappa shape index (κ3) is 4.97. The number of carbonyl (C=O) groups excluding carboxylic acids is 3. The van der Waals surface area contributed by atoms with Gasteiger partial charge in [-0.1, -0.05) is 30.3 Å². The van der Waals surface area contributed by atoms with Crippen LogP contribution in [-0.4, -0.2) is 31.3 Å². The molecule has 3 aromatic carbocycles. The first-order valence-electron chi connectivity index (χ1n) is 11.8. The maximum atomic E-state index is 13.6. The zero-order valence-corrected chi connectivity index (χ0v) is 20.3. The number of nitrogens with zero attached hydrogens (tertiary/aromatic N) is 2. The van der Waals surface area contributed by atoms with E-state index in [1.54, 1.807) is 38.3 Å². The molecule has 0 aliphatic carbocycles. The van der Waals surface area contributed by atoms with Gasteiger partial charge in [0, 0.05) is 36.3 Å². The van der Waals surface area contributed by atoms with Crippen LogP contribution < -0.4 is 14.5 Å². The quantitative estimate of drug-likeness (QED) is 0.436. The summed E-state index contributed by atoms with van der Waals surface area (Å²) in [6, 6.07) is 22.4. The molecule has 3 aromatic rings. The summed E-state index contributed by atoms with van der Waals surface area (Å²) in [6.07, 6.45) is 2.66. The van der Waals surface area contributed by atoms with E-state index in [2.05, 4.69) is 0 Å². The molecule has 1 aliphatic heterocycles. The van der Waals surface area contributed by atoms with E-state index in [9.17, 15) is 14.4 Å². The van der Waals surface area contributed by atoms with Crippen LogP contribution in [0.4, 0.5) is 11.4 Å². The predicted molar refractivity (Wildman–Crippen MR) is 137 cm³/mol. The normalized spacial score (nSPS) is 16.8. The molecule has 0 fully saturated rings. The summed E-state index contributed by atoms with van der Waals surface area (Å²) < 4.78 is 5.23. The van der Waals surface area contributed by atoms with Gasteiger partial charge in [0.25, 0.3) is 5.91 Å². The van der Waals surface area contributed by atoms with Crippen molar-refractivity contribution in [1.29, 1.82) is 0 Å². The maximum absolute atomic E-state index is 13.6. The Hall–Kier alpha value is -3.93. The van der Waals surface area contributed by atoms with E-state index in [4.69, 9.17) is 4.74 Å². The number of aldehydes is 1. The fourth-order valence-corrected chi connectivity index (χ4v) is 4.84. The maximum Gasteiger partial charge on any atom is 0.258 e. The Morgan fingerprint density at radius 2 is 1.71 bits per heavy atom. The van der Waals surface area contributed by atoms with E-state index < -0.39 is 0 Å². The van der Waals surface area contributed by atoms with Crippen molar-refractivity contribution in [3.8, 4) is 5.75 Å². The van der Waals surface area contributed by atoms with Crippen molar-refractivity contribution in [3.05, 3.63) is 89.5 Å². The summed E-state index contributed by atoms with van der Waals surface area (Å²) in [6.45, 7) is 3.59. The first-order chi connectivity index (χ1) is 16.9.